The number of non-ortho nitro benzene ring substituents is 1. The van der Waals surface area contributed by atoms with Crippen LogP contribution in [-0.4, -0.2) is 41.6 Å². The van der Waals surface area contributed by atoms with Crippen LogP contribution in [0.2, 0.25) is 0 Å². The maximum atomic E-state index is 12.8. The van der Waals surface area contributed by atoms with Gasteiger partial charge in [-0.05, 0) is 36.4 Å². The summed E-state index contributed by atoms with van der Waals surface area (Å²) >= 11 is 1.20. The number of amides is 1. The van der Waals surface area contributed by atoms with Crippen LogP contribution in [0.1, 0.15) is 10.4 Å². The molecule has 0 saturated carbocycles. The molecule has 0 aliphatic heterocycles. The number of thiazole rings is 1. The molecule has 0 aliphatic carbocycles. The maximum absolute atomic E-state index is 12.8. The third kappa shape index (κ3) is 5.58. The number of anilines is 1. The lowest BCUT2D eigenvalue weighted by Gasteiger charge is -2.19. The van der Waals surface area contributed by atoms with Crippen LogP contribution in [0.4, 0.5) is 10.8 Å². The van der Waals surface area contributed by atoms with E-state index in [1.54, 1.807) is 17.5 Å². The highest BCUT2D eigenvalue weighted by molar-refractivity contribution is 7.89. The molecule has 1 amide bonds. The van der Waals surface area contributed by atoms with Gasteiger partial charge in [-0.15, -0.1) is 24.5 Å². The first-order valence-electron chi connectivity index (χ1n) is 9.60. The van der Waals surface area contributed by atoms with Crippen LogP contribution in [0.3, 0.4) is 0 Å². The van der Waals surface area contributed by atoms with Crippen LogP contribution in [-0.2, 0) is 10.0 Å². The van der Waals surface area contributed by atoms with Crippen molar-refractivity contribution in [3.8, 4) is 11.3 Å². The molecule has 11 heteroatoms. The van der Waals surface area contributed by atoms with Crippen LogP contribution in [0.15, 0.2) is 84.1 Å². The van der Waals surface area contributed by atoms with Gasteiger partial charge in [-0.25, -0.2) is 13.4 Å². The second kappa shape index (κ2) is 10.3. The molecule has 170 valence electrons. The Hall–Kier alpha value is -3.67. The number of nitrogens with one attached hydrogen (secondary N) is 1. The predicted octanol–water partition coefficient (Wildman–Crippen LogP) is 4.33. The SMILES string of the molecule is C=CCN(CC=C)S(=O)(=O)c1ccc(C(=O)Nc2nc(-c3ccc([N+](=O)[O-])cc3)cs2)cc1. The second-order valence-electron chi connectivity index (χ2n) is 6.72. The van der Waals surface area contributed by atoms with Crippen molar-refractivity contribution in [2.75, 3.05) is 18.4 Å². The first-order valence-corrected chi connectivity index (χ1v) is 11.9. The summed E-state index contributed by atoms with van der Waals surface area (Å²) in [7, 11) is -3.76. The smallest absolute Gasteiger partial charge is 0.269 e. The van der Waals surface area contributed by atoms with Crippen LogP contribution >= 0.6 is 11.3 Å². The van der Waals surface area contributed by atoms with Crippen molar-refractivity contribution in [2.24, 2.45) is 0 Å². The fourth-order valence-electron chi connectivity index (χ4n) is 2.87. The lowest BCUT2D eigenvalue weighted by Crippen LogP contribution is -2.31. The van der Waals surface area contributed by atoms with E-state index in [2.05, 4.69) is 23.5 Å². The number of carbonyl (C=O) groups is 1. The molecule has 1 N–H and O–H groups in total. The number of rotatable bonds is 10. The fraction of sp³-hybridized carbons (Fsp3) is 0.0909. The monoisotopic (exact) mass is 484 g/mol. The topological polar surface area (TPSA) is 123 Å². The van der Waals surface area contributed by atoms with Crippen LogP contribution in [0, 0.1) is 10.1 Å². The molecule has 1 aromatic heterocycles. The van der Waals surface area contributed by atoms with Gasteiger partial charge >= 0.3 is 0 Å². The molecule has 3 aromatic rings. The first-order chi connectivity index (χ1) is 15.8. The minimum atomic E-state index is -3.76. The van der Waals surface area contributed by atoms with Gasteiger partial charge in [0.2, 0.25) is 10.0 Å². The van der Waals surface area contributed by atoms with Crippen molar-refractivity contribution in [1.82, 2.24) is 9.29 Å². The van der Waals surface area contributed by atoms with Crippen molar-refractivity contribution in [3.63, 3.8) is 0 Å². The Kier molecular flexibility index (Phi) is 7.48. The quantitative estimate of drug-likeness (QED) is 0.260. The van der Waals surface area contributed by atoms with E-state index in [4.69, 9.17) is 0 Å². The van der Waals surface area contributed by atoms with Crippen molar-refractivity contribution in [3.05, 3.63) is 94.9 Å². The fourth-order valence-corrected chi connectivity index (χ4v) is 4.97. The van der Waals surface area contributed by atoms with Gasteiger partial charge in [0, 0.05) is 41.7 Å². The van der Waals surface area contributed by atoms with Gasteiger partial charge in [0.1, 0.15) is 0 Å². The van der Waals surface area contributed by atoms with Gasteiger partial charge in [-0.1, -0.05) is 12.2 Å². The Morgan fingerprint density at radius 3 is 2.24 bits per heavy atom. The van der Waals surface area contributed by atoms with Crippen LogP contribution in [0.5, 0.6) is 0 Å². The van der Waals surface area contributed by atoms with Crippen molar-refractivity contribution < 1.29 is 18.1 Å². The van der Waals surface area contributed by atoms with E-state index in [1.165, 1.54) is 64.2 Å². The molecule has 0 spiro atoms. The van der Waals surface area contributed by atoms with Gasteiger partial charge in [-0.2, -0.15) is 4.31 Å². The summed E-state index contributed by atoms with van der Waals surface area (Å²) in [6.07, 6.45) is 2.98. The van der Waals surface area contributed by atoms with Crippen molar-refractivity contribution >= 4 is 38.1 Å². The molecule has 0 bridgehead atoms. The lowest BCUT2D eigenvalue weighted by molar-refractivity contribution is -0.384. The number of nitro benzene ring substituents is 1. The second-order valence-corrected chi connectivity index (χ2v) is 9.52. The van der Waals surface area contributed by atoms with E-state index in [-0.39, 0.29) is 29.2 Å². The molecule has 33 heavy (non-hydrogen) atoms. The normalized spacial score (nSPS) is 11.2. The van der Waals surface area contributed by atoms with Gasteiger partial charge in [0.15, 0.2) is 5.13 Å². The predicted molar refractivity (Wildman–Crippen MR) is 128 cm³/mol. The summed E-state index contributed by atoms with van der Waals surface area (Å²) in [5.41, 5.74) is 1.48. The molecule has 0 fully saturated rings. The van der Waals surface area contributed by atoms with Crippen LogP contribution < -0.4 is 5.32 Å². The Labute approximate surface area is 194 Å². The van der Waals surface area contributed by atoms with E-state index in [1.807, 2.05) is 0 Å². The third-order valence-corrected chi connectivity index (χ3v) is 7.12. The molecule has 3 rings (SSSR count). The summed E-state index contributed by atoms with van der Waals surface area (Å²) < 4.78 is 26.7. The average molecular weight is 485 g/mol. The van der Waals surface area contributed by atoms with E-state index < -0.39 is 20.9 Å². The van der Waals surface area contributed by atoms with Gasteiger partial charge in [0.05, 0.1) is 15.5 Å². The Morgan fingerprint density at radius 2 is 1.70 bits per heavy atom. The molecule has 1 heterocycles. The van der Waals surface area contributed by atoms with Crippen molar-refractivity contribution in [1.29, 1.82) is 0 Å². The van der Waals surface area contributed by atoms with Crippen LogP contribution in [0.25, 0.3) is 11.3 Å². The molecule has 0 atom stereocenters. The molecule has 0 unspecified atom stereocenters. The molecule has 0 radical (unpaired) electrons. The highest BCUT2D eigenvalue weighted by Gasteiger charge is 2.22. The molecule has 2 aromatic carbocycles. The summed E-state index contributed by atoms with van der Waals surface area (Å²) in [6, 6.07) is 11.5. The number of sulfonamides is 1. The highest BCUT2D eigenvalue weighted by atomic mass is 32.2. The summed E-state index contributed by atoms with van der Waals surface area (Å²) in [6.45, 7) is 7.42. The molecule has 0 saturated heterocycles. The number of benzene rings is 2. The lowest BCUT2D eigenvalue weighted by atomic mass is 10.1. The highest BCUT2D eigenvalue weighted by Crippen LogP contribution is 2.27. The largest absolute Gasteiger partial charge is 0.298 e. The average Bonchev–Trinajstić information content (AvgIpc) is 3.27. The van der Waals surface area contributed by atoms with E-state index >= 15 is 0 Å². The Bertz CT molecular complexity index is 1270. The third-order valence-electron chi connectivity index (χ3n) is 4.52. The van der Waals surface area contributed by atoms with E-state index in [0.717, 1.165) is 0 Å². The first kappa shape index (κ1) is 24.0. The minimum Gasteiger partial charge on any atom is -0.298 e. The molecular weight excluding hydrogens is 464 g/mol. The van der Waals surface area contributed by atoms with Gasteiger partial charge in [-0.3, -0.25) is 20.2 Å². The zero-order valence-electron chi connectivity index (χ0n) is 17.4. The van der Waals surface area contributed by atoms with Crippen molar-refractivity contribution in [2.45, 2.75) is 4.90 Å². The van der Waals surface area contributed by atoms with E-state index in [9.17, 15) is 23.3 Å². The zero-order valence-corrected chi connectivity index (χ0v) is 19.0. The molecule has 9 nitrogen and oxygen atoms in total. The zero-order chi connectivity index (χ0) is 24.0. The maximum Gasteiger partial charge on any atom is 0.269 e. The Balaban J connectivity index is 1.72. The van der Waals surface area contributed by atoms with E-state index in [0.29, 0.717) is 16.4 Å². The number of aromatic nitrogens is 1. The molecular formula is C22H20N4O5S2. The number of carbonyl (C=O) groups excluding carboxylic acids is 1. The summed E-state index contributed by atoms with van der Waals surface area (Å²) in [4.78, 5) is 27.3. The van der Waals surface area contributed by atoms with Gasteiger partial charge in [0.25, 0.3) is 11.6 Å². The van der Waals surface area contributed by atoms with Gasteiger partial charge < -0.3 is 0 Å². The summed E-state index contributed by atoms with van der Waals surface area (Å²) in [5, 5.41) is 15.5. The summed E-state index contributed by atoms with van der Waals surface area (Å²) in [5.74, 6) is -0.447. The number of hydrogen-bond acceptors (Lipinski definition) is 7. The number of nitrogens with zero attached hydrogens (tertiary/aromatic N) is 3. The number of hydrogen-bond donors (Lipinski definition) is 1. The Morgan fingerprint density at radius 1 is 1.09 bits per heavy atom. The molecule has 0 aliphatic rings. The minimum absolute atomic E-state index is 0.0231. The number of nitro groups is 1. The standard InChI is InChI=1S/C22H20N4O5S2/c1-3-13-25(14-4-2)33(30,31)19-11-7-17(8-12-19)21(27)24-22-23-20(15-32-22)16-5-9-18(10-6-16)26(28)29/h3-12,15H,1-2,13-14H2,(H,23,24,27).